The van der Waals surface area contributed by atoms with Gasteiger partial charge in [0.05, 0.1) is 6.10 Å². The van der Waals surface area contributed by atoms with Gasteiger partial charge in [-0.2, -0.15) is 0 Å². The number of terminal acetylenes is 1. The lowest BCUT2D eigenvalue weighted by Crippen LogP contribution is -2.35. The van der Waals surface area contributed by atoms with E-state index in [9.17, 15) is 0 Å². The van der Waals surface area contributed by atoms with E-state index in [-0.39, 0.29) is 12.1 Å². The summed E-state index contributed by atoms with van der Waals surface area (Å²) in [6.07, 6.45) is 10.3. The number of rotatable bonds is 7. The van der Waals surface area contributed by atoms with Crippen LogP contribution >= 0.6 is 0 Å². The van der Waals surface area contributed by atoms with E-state index in [0.29, 0.717) is 0 Å². The van der Waals surface area contributed by atoms with E-state index in [1.165, 1.54) is 0 Å². The van der Waals surface area contributed by atoms with Crippen molar-refractivity contribution in [2.45, 2.75) is 51.2 Å². The number of ether oxygens (including phenoxy) is 1. The summed E-state index contributed by atoms with van der Waals surface area (Å²) in [5.74, 6) is 2.62. The Kier molecular flexibility index (Phi) is 7.77. The summed E-state index contributed by atoms with van der Waals surface area (Å²) in [5, 5.41) is 0. The maximum Gasteiger partial charge on any atom is 0.0722 e. The van der Waals surface area contributed by atoms with Gasteiger partial charge in [-0.1, -0.05) is 13.3 Å². The molecule has 0 aromatic rings. The van der Waals surface area contributed by atoms with E-state index in [1.807, 2.05) is 0 Å². The van der Waals surface area contributed by atoms with Gasteiger partial charge in [-0.3, -0.25) is 0 Å². The summed E-state index contributed by atoms with van der Waals surface area (Å²) in [4.78, 5) is 0. The van der Waals surface area contributed by atoms with Crippen LogP contribution in [0.3, 0.4) is 0 Å². The molecule has 0 aromatic heterocycles. The molecule has 0 bridgehead atoms. The van der Waals surface area contributed by atoms with Gasteiger partial charge in [0.25, 0.3) is 0 Å². The molecule has 0 aliphatic rings. The molecule has 0 saturated heterocycles. The number of unbranched alkanes of at least 4 members (excludes halogenated alkanes) is 1. The Bertz CT molecular complexity index is 151. The van der Waals surface area contributed by atoms with Gasteiger partial charge >= 0.3 is 0 Å². The number of hydrogen-bond acceptors (Lipinski definition) is 2. The third-order valence-corrected chi connectivity index (χ3v) is 2.21. The first-order valence-electron chi connectivity index (χ1n) is 4.98. The summed E-state index contributed by atoms with van der Waals surface area (Å²) >= 11 is 0. The summed E-state index contributed by atoms with van der Waals surface area (Å²) < 4.78 is 5.31. The summed E-state index contributed by atoms with van der Waals surface area (Å²) in [5.41, 5.74) is 5.96. The van der Waals surface area contributed by atoms with E-state index in [4.69, 9.17) is 16.9 Å². The van der Waals surface area contributed by atoms with Crippen molar-refractivity contribution < 1.29 is 4.74 Å². The van der Waals surface area contributed by atoms with E-state index in [2.05, 4.69) is 12.8 Å². The van der Waals surface area contributed by atoms with Crippen LogP contribution in [0, 0.1) is 12.3 Å². The molecule has 0 saturated carbocycles. The molecule has 2 atom stereocenters. The van der Waals surface area contributed by atoms with Gasteiger partial charge in [0.1, 0.15) is 0 Å². The molecule has 0 aromatic carbocycles. The molecule has 0 heterocycles. The predicted octanol–water partition coefficient (Wildman–Crippen LogP) is 1.93. The molecular formula is C11H21NO. The first kappa shape index (κ1) is 12.5. The van der Waals surface area contributed by atoms with Crippen molar-refractivity contribution in [2.24, 2.45) is 5.73 Å². The molecule has 0 spiro atoms. The van der Waals surface area contributed by atoms with Crippen molar-refractivity contribution in [2.75, 3.05) is 7.11 Å². The Hall–Kier alpha value is -0.520. The van der Waals surface area contributed by atoms with Crippen molar-refractivity contribution >= 4 is 0 Å². The maximum absolute atomic E-state index is 5.96. The molecule has 2 unspecified atom stereocenters. The molecule has 0 radical (unpaired) electrons. The molecule has 0 rings (SSSR count). The van der Waals surface area contributed by atoms with E-state index in [1.54, 1.807) is 7.11 Å². The predicted molar refractivity (Wildman–Crippen MR) is 56.4 cm³/mol. The highest BCUT2D eigenvalue weighted by Gasteiger charge is 2.15. The Morgan fingerprint density at radius 2 is 2.15 bits per heavy atom. The van der Waals surface area contributed by atoms with Gasteiger partial charge in [0.15, 0.2) is 0 Å². The van der Waals surface area contributed by atoms with Crippen molar-refractivity contribution in [3.05, 3.63) is 0 Å². The first-order chi connectivity index (χ1) is 6.26. The van der Waals surface area contributed by atoms with E-state index >= 15 is 0 Å². The van der Waals surface area contributed by atoms with Gasteiger partial charge in [0.2, 0.25) is 0 Å². The van der Waals surface area contributed by atoms with Crippen molar-refractivity contribution in [3.8, 4) is 12.3 Å². The molecule has 2 N–H and O–H groups in total. The normalized spacial score (nSPS) is 14.9. The zero-order valence-corrected chi connectivity index (χ0v) is 8.75. The highest BCUT2D eigenvalue weighted by Crippen LogP contribution is 2.10. The van der Waals surface area contributed by atoms with Crippen LogP contribution in [0.5, 0.6) is 0 Å². The third kappa shape index (κ3) is 5.68. The molecule has 0 fully saturated rings. The van der Waals surface area contributed by atoms with Gasteiger partial charge in [-0.05, 0) is 19.3 Å². The summed E-state index contributed by atoms with van der Waals surface area (Å²) in [7, 11) is 1.72. The highest BCUT2D eigenvalue weighted by atomic mass is 16.5. The molecular weight excluding hydrogens is 162 g/mol. The van der Waals surface area contributed by atoms with Crippen molar-refractivity contribution in [3.63, 3.8) is 0 Å². The summed E-state index contributed by atoms with van der Waals surface area (Å²) in [6.45, 7) is 2.14. The molecule has 2 nitrogen and oxygen atoms in total. The molecule has 13 heavy (non-hydrogen) atoms. The first-order valence-corrected chi connectivity index (χ1v) is 4.98. The van der Waals surface area contributed by atoms with Crippen molar-refractivity contribution in [1.82, 2.24) is 0 Å². The minimum Gasteiger partial charge on any atom is -0.380 e. The quantitative estimate of drug-likeness (QED) is 0.483. The number of hydrogen-bond donors (Lipinski definition) is 1. The lowest BCUT2D eigenvalue weighted by molar-refractivity contribution is 0.0697. The maximum atomic E-state index is 5.96. The fourth-order valence-corrected chi connectivity index (χ4v) is 1.42. The van der Waals surface area contributed by atoms with Crippen LogP contribution in [0.4, 0.5) is 0 Å². The molecule has 0 aliphatic carbocycles. The molecule has 2 heteroatoms. The lowest BCUT2D eigenvalue weighted by atomic mass is 10.0. The second-order valence-corrected chi connectivity index (χ2v) is 3.32. The van der Waals surface area contributed by atoms with Crippen LogP contribution in [0.1, 0.15) is 39.0 Å². The van der Waals surface area contributed by atoms with Gasteiger partial charge in [0, 0.05) is 19.6 Å². The average Bonchev–Trinajstić information content (AvgIpc) is 2.14. The Labute approximate surface area is 81.8 Å². The van der Waals surface area contributed by atoms with Gasteiger partial charge in [-0.25, -0.2) is 0 Å². The van der Waals surface area contributed by atoms with Crippen LogP contribution in [0.15, 0.2) is 0 Å². The second-order valence-electron chi connectivity index (χ2n) is 3.32. The van der Waals surface area contributed by atoms with Crippen molar-refractivity contribution in [1.29, 1.82) is 0 Å². The largest absolute Gasteiger partial charge is 0.380 e. The van der Waals surface area contributed by atoms with Crippen LogP contribution in [0.25, 0.3) is 0 Å². The third-order valence-electron chi connectivity index (χ3n) is 2.21. The minimum atomic E-state index is 0.137. The highest BCUT2D eigenvalue weighted by molar-refractivity contribution is 4.84. The van der Waals surface area contributed by atoms with Crippen LogP contribution in [0.2, 0.25) is 0 Å². The molecule has 76 valence electrons. The second kappa shape index (κ2) is 8.10. The fourth-order valence-electron chi connectivity index (χ4n) is 1.42. The van der Waals surface area contributed by atoms with Gasteiger partial charge < -0.3 is 10.5 Å². The smallest absolute Gasteiger partial charge is 0.0722 e. The number of methoxy groups -OCH3 is 1. The number of nitrogens with two attached hydrogens (primary N) is 1. The Morgan fingerprint density at radius 1 is 1.46 bits per heavy atom. The van der Waals surface area contributed by atoms with Gasteiger partial charge in [-0.15, -0.1) is 12.3 Å². The average molecular weight is 183 g/mol. The SMILES string of the molecule is C#CCCCC(N)C(CCC)OC. The van der Waals surface area contributed by atoms with Crippen LogP contribution < -0.4 is 5.73 Å². The summed E-state index contributed by atoms with van der Waals surface area (Å²) in [6, 6.07) is 0.137. The van der Waals surface area contributed by atoms with E-state index < -0.39 is 0 Å². The molecule has 0 amide bonds. The van der Waals surface area contributed by atoms with E-state index in [0.717, 1.165) is 32.1 Å². The Balaban J connectivity index is 3.64. The van der Waals surface area contributed by atoms with Crippen LogP contribution in [-0.2, 0) is 4.74 Å². The molecule has 0 aliphatic heterocycles. The standard InChI is InChI=1S/C11H21NO/c1-4-6-7-9-10(12)11(13-3)8-5-2/h1,10-11H,5-9,12H2,2-3H3. The lowest BCUT2D eigenvalue weighted by Gasteiger charge is -2.21. The zero-order valence-electron chi connectivity index (χ0n) is 8.75. The minimum absolute atomic E-state index is 0.137. The van der Waals surface area contributed by atoms with Crippen LogP contribution in [-0.4, -0.2) is 19.3 Å². The fraction of sp³-hybridized carbons (Fsp3) is 0.818. The zero-order chi connectivity index (χ0) is 10.1. The monoisotopic (exact) mass is 183 g/mol. The Morgan fingerprint density at radius 3 is 2.62 bits per heavy atom. The topological polar surface area (TPSA) is 35.2 Å².